The molecule has 9 heteroatoms. The first-order valence-corrected chi connectivity index (χ1v) is 10.1. The molecule has 2 atom stereocenters. The minimum atomic E-state index is -4.58. The van der Waals surface area contributed by atoms with Crippen molar-refractivity contribution in [3.63, 3.8) is 0 Å². The fourth-order valence-corrected chi connectivity index (χ4v) is 4.24. The van der Waals surface area contributed by atoms with Crippen molar-refractivity contribution in [2.45, 2.75) is 57.2 Å². The van der Waals surface area contributed by atoms with Crippen molar-refractivity contribution in [3.8, 4) is 0 Å². The van der Waals surface area contributed by atoms with E-state index in [-0.39, 0.29) is 30.2 Å². The third-order valence-electron chi connectivity index (χ3n) is 5.91. The van der Waals surface area contributed by atoms with E-state index in [1.54, 1.807) is 0 Å². The zero-order valence-corrected chi connectivity index (χ0v) is 16.3. The van der Waals surface area contributed by atoms with Crippen LogP contribution in [0.25, 0.3) is 0 Å². The molecule has 0 unspecified atom stereocenters. The minimum Gasteiger partial charge on any atom is -0.342 e. The summed E-state index contributed by atoms with van der Waals surface area (Å²) in [6.07, 6.45) is 1.83. The predicted octanol–water partition coefficient (Wildman–Crippen LogP) is 3.19. The molecule has 1 aromatic heterocycles. The van der Waals surface area contributed by atoms with Crippen molar-refractivity contribution >= 4 is 17.6 Å². The van der Waals surface area contributed by atoms with E-state index in [2.05, 4.69) is 10.3 Å². The van der Waals surface area contributed by atoms with Gasteiger partial charge in [0, 0.05) is 31.7 Å². The summed E-state index contributed by atoms with van der Waals surface area (Å²) in [4.78, 5) is 30.4. The van der Waals surface area contributed by atoms with Gasteiger partial charge >= 0.3 is 6.18 Å². The summed E-state index contributed by atoms with van der Waals surface area (Å²) in [5, 5.41) is 2.29. The molecule has 0 spiro atoms. The van der Waals surface area contributed by atoms with Crippen molar-refractivity contribution in [1.82, 2.24) is 9.88 Å². The van der Waals surface area contributed by atoms with E-state index in [0.29, 0.717) is 25.9 Å². The number of nitrogens with zero attached hydrogens (tertiary/aromatic N) is 2. The van der Waals surface area contributed by atoms with Crippen LogP contribution in [0, 0.1) is 11.8 Å². The summed E-state index contributed by atoms with van der Waals surface area (Å²) in [6.45, 7) is 1.11. The Labute approximate surface area is 168 Å². The number of piperidine rings is 1. The van der Waals surface area contributed by atoms with Gasteiger partial charge in [0.05, 0.1) is 11.5 Å². The smallest absolute Gasteiger partial charge is 0.342 e. The highest BCUT2D eigenvalue weighted by atomic mass is 19.4. The third kappa shape index (κ3) is 5.46. The normalized spacial score (nSPS) is 23.7. The number of aromatic nitrogens is 1. The van der Waals surface area contributed by atoms with Gasteiger partial charge in [0.1, 0.15) is 5.82 Å². The Morgan fingerprint density at radius 1 is 1.17 bits per heavy atom. The summed E-state index contributed by atoms with van der Waals surface area (Å²) >= 11 is 0. The van der Waals surface area contributed by atoms with E-state index in [0.717, 1.165) is 31.7 Å². The molecule has 1 aromatic rings. The molecule has 1 saturated heterocycles. The van der Waals surface area contributed by atoms with Gasteiger partial charge in [-0.1, -0.05) is 12.8 Å². The first kappa shape index (κ1) is 21.5. The number of alkyl halides is 3. The number of rotatable bonds is 4. The SMILES string of the molecule is N[C@H]1CCCC[C@@H]1C(=O)N1CCC(CC(=O)Nc2ncccc2C(F)(F)F)CC1. The summed E-state index contributed by atoms with van der Waals surface area (Å²) in [5.74, 6) is -0.953. The molecule has 2 heterocycles. The zero-order chi connectivity index (χ0) is 21.0. The fraction of sp³-hybridized carbons (Fsp3) is 0.650. The molecule has 6 nitrogen and oxygen atoms in total. The molecule has 29 heavy (non-hydrogen) atoms. The summed E-state index contributed by atoms with van der Waals surface area (Å²) in [5.41, 5.74) is 5.15. The Bertz CT molecular complexity index is 733. The fourth-order valence-electron chi connectivity index (χ4n) is 4.24. The van der Waals surface area contributed by atoms with Crippen LogP contribution in [0.3, 0.4) is 0 Å². The molecular weight excluding hydrogens is 385 g/mol. The highest BCUT2D eigenvalue weighted by molar-refractivity contribution is 5.90. The van der Waals surface area contributed by atoms with E-state index in [4.69, 9.17) is 5.73 Å². The molecule has 0 radical (unpaired) electrons. The second kappa shape index (κ2) is 9.11. The Morgan fingerprint density at radius 2 is 1.86 bits per heavy atom. The van der Waals surface area contributed by atoms with Crippen LogP contribution >= 0.6 is 0 Å². The molecule has 2 aliphatic rings. The van der Waals surface area contributed by atoms with Crippen LogP contribution in [0.15, 0.2) is 18.3 Å². The van der Waals surface area contributed by atoms with Crippen LogP contribution in [0.4, 0.5) is 19.0 Å². The van der Waals surface area contributed by atoms with E-state index in [1.165, 1.54) is 12.3 Å². The van der Waals surface area contributed by atoms with Gasteiger partial charge in [0.15, 0.2) is 0 Å². The maximum atomic E-state index is 13.0. The number of hydrogen-bond acceptors (Lipinski definition) is 4. The lowest BCUT2D eigenvalue weighted by Gasteiger charge is -2.37. The van der Waals surface area contributed by atoms with Gasteiger partial charge in [-0.15, -0.1) is 0 Å². The van der Waals surface area contributed by atoms with Gasteiger partial charge < -0.3 is 16.0 Å². The van der Waals surface area contributed by atoms with Crippen molar-refractivity contribution in [1.29, 1.82) is 0 Å². The average molecular weight is 412 g/mol. The summed E-state index contributed by atoms with van der Waals surface area (Å²) < 4.78 is 39.1. The molecule has 1 aliphatic heterocycles. The molecule has 0 bridgehead atoms. The Morgan fingerprint density at radius 3 is 2.52 bits per heavy atom. The number of pyridine rings is 1. The van der Waals surface area contributed by atoms with E-state index in [9.17, 15) is 22.8 Å². The highest BCUT2D eigenvalue weighted by Gasteiger charge is 2.36. The van der Waals surface area contributed by atoms with Gasteiger partial charge in [-0.25, -0.2) is 4.98 Å². The van der Waals surface area contributed by atoms with Crippen molar-refractivity contribution in [2.75, 3.05) is 18.4 Å². The summed E-state index contributed by atoms with van der Waals surface area (Å²) in [7, 11) is 0. The minimum absolute atomic E-state index is 0.0251. The van der Waals surface area contributed by atoms with Crippen LogP contribution in [0.1, 0.15) is 50.5 Å². The van der Waals surface area contributed by atoms with Gasteiger partial charge in [0.2, 0.25) is 11.8 Å². The number of carbonyl (C=O) groups excluding carboxylic acids is 2. The number of nitrogens with two attached hydrogens (primary N) is 1. The molecule has 3 rings (SSSR count). The van der Waals surface area contributed by atoms with E-state index >= 15 is 0 Å². The van der Waals surface area contributed by atoms with Crippen LogP contribution < -0.4 is 11.1 Å². The number of amides is 2. The number of halogens is 3. The maximum Gasteiger partial charge on any atom is 0.419 e. The van der Waals surface area contributed by atoms with Crippen LogP contribution in [-0.4, -0.2) is 40.8 Å². The van der Waals surface area contributed by atoms with E-state index in [1.807, 2.05) is 4.90 Å². The molecule has 0 aromatic carbocycles. The number of anilines is 1. The van der Waals surface area contributed by atoms with Crippen LogP contribution in [-0.2, 0) is 15.8 Å². The molecular formula is C20H27F3N4O2. The predicted molar refractivity (Wildman–Crippen MR) is 102 cm³/mol. The lowest BCUT2D eigenvalue weighted by molar-refractivity contribution is -0.138. The van der Waals surface area contributed by atoms with Crippen LogP contribution in [0.2, 0.25) is 0 Å². The van der Waals surface area contributed by atoms with Crippen LogP contribution in [0.5, 0.6) is 0 Å². The Kier molecular flexibility index (Phi) is 6.77. The standard InChI is InChI=1S/C20H27F3N4O2/c21-20(22,23)15-5-3-9-25-18(15)26-17(28)12-13-7-10-27(11-8-13)19(29)14-4-1-2-6-16(14)24/h3,5,9,13-14,16H,1-2,4,6-8,10-12,24H2,(H,25,26,28)/t14-,16-/m0/s1. The lowest BCUT2D eigenvalue weighted by atomic mass is 9.83. The number of likely N-dealkylation sites (tertiary alicyclic amines) is 1. The quantitative estimate of drug-likeness (QED) is 0.795. The van der Waals surface area contributed by atoms with E-state index < -0.39 is 23.5 Å². The molecule has 3 N–H and O–H groups in total. The van der Waals surface area contributed by atoms with Crippen molar-refractivity contribution in [2.24, 2.45) is 17.6 Å². The van der Waals surface area contributed by atoms with Crippen molar-refractivity contribution in [3.05, 3.63) is 23.9 Å². The Balaban J connectivity index is 1.50. The van der Waals surface area contributed by atoms with Crippen molar-refractivity contribution < 1.29 is 22.8 Å². The first-order valence-electron chi connectivity index (χ1n) is 10.1. The largest absolute Gasteiger partial charge is 0.419 e. The lowest BCUT2D eigenvalue weighted by Crippen LogP contribution is -2.48. The number of hydrogen-bond donors (Lipinski definition) is 2. The molecule has 160 valence electrons. The Hall–Kier alpha value is -2.16. The monoisotopic (exact) mass is 412 g/mol. The molecule has 2 fully saturated rings. The zero-order valence-electron chi connectivity index (χ0n) is 16.3. The molecule has 1 aliphatic carbocycles. The van der Waals surface area contributed by atoms with Gasteiger partial charge in [-0.05, 0) is 43.7 Å². The third-order valence-corrected chi connectivity index (χ3v) is 5.91. The van der Waals surface area contributed by atoms with Gasteiger partial charge in [-0.2, -0.15) is 13.2 Å². The average Bonchev–Trinajstić information content (AvgIpc) is 2.68. The number of carbonyl (C=O) groups is 2. The molecule has 2 amide bonds. The highest BCUT2D eigenvalue weighted by Crippen LogP contribution is 2.34. The van der Waals surface area contributed by atoms with Gasteiger partial charge in [-0.3, -0.25) is 9.59 Å². The first-order chi connectivity index (χ1) is 13.8. The van der Waals surface area contributed by atoms with Gasteiger partial charge in [0.25, 0.3) is 0 Å². The summed E-state index contributed by atoms with van der Waals surface area (Å²) in [6, 6.07) is 1.99. The maximum absolute atomic E-state index is 13.0. The molecule has 1 saturated carbocycles. The second-order valence-corrected chi connectivity index (χ2v) is 7.97. The topological polar surface area (TPSA) is 88.3 Å². The number of nitrogens with one attached hydrogen (secondary N) is 1. The second-order valence-electron chi connectivity index (χ2n) is 7.97.